The lowest BCUT2D eigenvalue weighted by Crippen LogP contribution is -2.46. The molecule has 1 fully saturated rings. The van der Waals surface area contributed by atoms with Crippen molar-refractivity contribution in [1.82, 2.24) is 10.2 Å². The molecule has 0 aromatic heterocycles. The normalized spacial score (nSPS) is 14.4. The standard InChI is InChI=1S/C27H29N3O4S/c1-19-10-12-23(13-11-19)29-35(33,34)24-8-5-7-21(18-24)27(32)30-16-14-22(15-17-30)28-26(31)25-9-4-3-6-20(25)2/h3-13,18,22,29H,14-17H2,1-2H3,(H,28,31). The highest BCUT2D eigenvalue weighted by molar-refractivity contribution is 7.92. The zero-order valence-electron chi connectivity index (χ0n) is 19.8. The van der Waals surface area contributed by atoms with Crippen molar-refractivity contribution in [2.24, 2.45) is 0 Å². The van der Waals surface area contributed by atoms with E-state index < -0.39 is 10.0 Å². The molecule has 0 radical (unpaired) electrons. The van der Waals surface area contributed by atoms with Gasteiger partial charge in [0, 0.05) is 35.9 Å². The summed E-state index contributed by atoms with van der Waals surface area (Å²) in [6.45, 7) is 4.79. The summed E-state index contributed by atoms with van der Waals surface area (Å²) in [5, 5.41) is 3.07. The molecule has 1 aliphatic heterocycles. The zero-order chi connectivity index (χ0) is 25.0. The molecule has 3 aromatic carbocycles. The lowest BCUT2D eigenvalue weighted by molar-refractivity contribution is 0.0698. The van der Waals surface area contributed by atoms with Gasteiger partial charge in [-0.15, -0.1) is 0 Å². The maximum Gasteiger partial charge on any atom is 0.261 e. The molecule has 2 N–H and O–H groups in total. The van der Waals surface area contributed by atoms with Crippen molar-refractivity contribution in [2.45, 2.75) is 37.6 Å². The van der Waals surface area contributed by atoms with Crippen LogP contribution in [0.1, 0.15) is 44.7 Å². The minimum absolute atomic E-state index is 0.0171. The first-order valence-electron chi connectivity index (χ1n) is 11.6. The maximum atomic E-state index is 13.1. The Morgan fingerprint density at radius 2 is 1.57 bits per heavy atom. The van der Waals surface area contributed by atoms with Crippen LogP contribution in [0, 0.1) is 13.8 Å². The third-order valence-electron chi connectivity index (χ3n) is 6.20. The van der Waals surface area contributed by atoms with Crippen LogP contribution >= 0.6 is 0 Å². The van der Waals surface area contributed by atoms with E-state index >= 15 is 0 Å². The minimum atomic E-state index is -3.83. The second kappa shape index (κ2) is 10.3. The molecule has 182 valence electrons. The number of nitrogens with one attached hydrogen (secondary N) is 2. The van der Waals surface area contributed by atoms with Crippen LogP contribution in [0.2, 0.25) is 0 Å². The van der Waals surface area contributed by atoms with Gasteiger partial charge in [-0.1, -0.05) is 42.0 Å². The molecule has 0 bridgehead atoms. The summed E-state index contributed by atoms with van der Waals surface area (Å²) in [6, 6.07) is 20.6. The Labute approximate surface area is 206 Å². The van der Waals surface area contributed by atoms with Crippen LogP contribution in [0.3, 0.4) is 0 Å². The van der Waals surface area contributed by atoms with Crippen LogP contribution in [-0.4, -0.2) is 44.3 Å². The first-order chi connectivity index (χ1) is 16.7. The monoisotopic (exact) mass is 491 g/mol. The molecule has 0 saturated carbocycles. The molecule has 35 heavy (non-hydrogen) atoms. The predicted molar refractivity (Wildman–Crippen MR) is 136 cm³/mol. The van der Waals surface area contributed by atoms with Crippen LogP contribution in [0.25, 0.3) is 0 Å². The third-order valence-corrected chi connectivity index (χ3v) is 7.58. The molecule has 1 aliphatic rings. The van der Waals surface area contributed by atoms with Gasteiger partial charge in [0.2, 0.25) is 0 Å². The molecule has 3 aromatic rings. The number of anilines is 1. The van der Waals surface area contributed by atoms with Crippen LogP contribution in [-0.2, 0) is 10.0 Å². The molecule has 1 heterocycles. The number of nitrogens with zero attached hydrogens (tertiary/aromatic N) is 1. The predicted octanol–water partition coefficient (Wildman–Crippen LogP) is 4.14. The Morgan fingerprint density at radius 3 is 2.26 bits per heavy atom. The number of hydrogen-bond acceptors (Lipinski definition) is 4. The molecule has 2 amide bonds. The Morgan fingerprint density at radius 1 is 0.886 bits per heavy atom. The third kappa shape index (κ3) is 5.89. The molecule has 4 rings (SSSR count). The largest absolute Gasteiger partial charge is 0.349 e. The summed E-state index contributed by atoms with van der Waals surface area (Å²) in [4.78, 5) is 27.4. The number of carbonyl (C=O) groups excluding carboxylic acids is 2. The summed E-state index contributed by atoms with van der Waals surface area (Å²) in [5.41, 5.74) is 3.38. The molecular weight excluding hydrogens is 462 g/mol. The van der Waals surface area contributed by atoms with E-state index in [1.54, 1.807) is 35.2 Å². The molecule has 0 atom stereocenters. The lowest BCUT2D eigenvalue weighted by Gasteiger charge is -2.32. The van der Waals surface area contributed by atoms with Gasteiger partial charge in [0.25, 0.3) is 21.8 Å². The van der Waals surface area contributed by atoms with Gasteiger partial charge in [-0.2, -0.15) is 0 Å². The van der Waals surface area contributed by atoms with Gasteiger partial charge >= 0.3 is 0 Å². The number of carbonyl (C=O) groups is 2. The number of piperidine rings is 1. The highest BCUT2D eigenvalue weighted by Crippen LogP contribution is 2.20. The molecule has 0 aliphatic carbocycles. The number of likely N-dealkylation sites (tertiary alicyclic amines) is 1. The zero-order valence-corrected chi connectivity index (χ0v) is 20.6. The number of benzene rings is 3. The van der Waals surface area contributed by atoms with Crippen LogP contribution in [0.4, 0.5) is 5.69 Å². The fourth-order valence-electron chi connectivity index (χ4n) is 4.13. The molecular formula is C27H29N3O4S. The van der Waals surface area contributed by atoms with Gasteiger partial charge < -0.3 is 10.2 Å². The highest BCUT2D eigenvalue weighted by Gasteiger charge is 2.26. The van der Waals surface area contributed by atoms with Gasteiger partial charge in [0.1, 0.15) is 0 Å². The van der Waals surface area contributed by atoms with Gasteiger partial charge in [-0.3, -0.25) is 14.3 Å². The van der Waals surface area contributed by atoms with Gasteiger partial charge in [-0.25, -0.2) is 8.42 Å². The first kappa shape index (κ1) is 24.5. The Bertz CT molecular complexity index is 1330. The summed E-state index contributed by atoms with van der Waals surface area (Å²) in [5.74, 6) is -0.326. The smallest absolute Gasteiger partial charge is 0.261 e. The Hall–Kier alpha value is -3.65. The van der Waals surface area contributed by atoms with Crippen molar-refractivity contribution < 1.29 is 18.0 Å². The number of aryl methyl sites for hydroxylation is 2. The summed E-state index contributed by atoms with van der Waals surface area (Å²) < 4.78 is 28.3. The van der Waals surface area contributed by atoms with Crippen LogP contribution < -0.4 is 10.0 Å². The second-order valence-corrected chi connectivity index (χ2v) is 10.5. The topological polar surface area (TPSA) is 95.6 Å². The van der Waals surface area contributed by atoms with Gasteiger partial charge in [-0.05, 0) is 68.7 Å². The SMILES string of the molecule is Cc1ccc(NS(=O)(=O)c2cccc(C(=O)N3CCC(NC(=O)c4ccccc4C)CC3)c2)cc1. The summed E-state index contributed by atoms with van der Waals surface area (Å²) in [7, 11) is -3.83. The van der Waals surface area contributed by atoms with Crippen molar-refractivity contribution in [2.75, 3.05) is 17.8 Å². The van der Waals surface area contributed by atoms with Crippen molar-refractivity contribution >= 4 is 27.5 Å². The summed E-state index contributed by atoms with van der Waals surface area (Å²) >= 11 is 0. The average molecular weight is 492 g/mol. The van der Waals surface area contributed by atoms with E-state index in [0.29, 0.717) is 42.7 Å². The van der Waals surface area contributed by atoms with Crippen molar-refractivity contribution in [3.63, 3.8) is 0 Å². The lowest BCUT2D eigenvalue weighted by atomic mass is 10.0. The number of amides is 2. The van der Waals surface area contributed by atoms with E-state index in [-0.39, 0.29) is 22.8 Å². The highest BCUT2D eigenvalue weighted by atomic mass is 32.2. The second-order valence-electron chi connectivity index (χ2n) is 8.85. The fourth-order valence-corrected chi connectivity index (χ4v) is 5.24. The first-order valence-corrected chi connectivity index (χ1v) is 13.1. The van der Waals surface area contributed by atoms with E-state index in [1.807, 2.05) is 44.2 Å². The molecule has 1 saturated heterocycles. The molecule has 8 heteroatoms. The number of sulfonamides is 1. The van der Waals surface area contributed by atoms with E-state index in [9.17, 15) is 18.0 Å². The number of rotatable bonds is 6. The van der Waals surface area contributed by atoms with Crippen molar-refractivity contribution in [3.8, 4) is 0 Å². The van der Waals surface area contributed by atoms with E-state index in [2.05, 4.69) is 10.0 Å². The van der Waals surface area contributed by atoms with E-state index in [1.165, 1.54) is 12.1 Å². The van der Waals surface area contributed by atoms with E-state index in [0.717, 1.165) is 11.1 Å². The Balaban J connectivity index is 1.38. The fraction of sp³-hybridized carbons (Fsp3) is 0.259. The van der Waals surface area contributed by atoms with Crippen LogP contribution in [0.5, 0.6) is 0 Å². The molecule has 0 spiro atoms. The maximum absolute atomic E-state index is 13.1. The van der Waals surface area contributed by atoms with Crippen molar-refractivity contribution in [1.29, 1.82) is 0 Å². The number of hydrogen-bond donors (Lipinski definition) is 2. The minimum Gasteiger partial charge on any atom is -0.349 e. The average Bonchev–Trinajstić information content (AvgIpc) is 2.85. The van der Waals surface area contributed by atoms with Crippen LogP contribution in [0.15, 0.2) is 77.7 Å². The van der Waals surface area contributed by atoms with Crippen molar-refractivity contribution in [3.05, 3.63) is 95.1 Å². The summed E-state index contributed by atoms with van der Waals surface area (Å²) in [6.07, 6.45) is 1.27. The van der Waals surface area contributed by atoms with Gasteiger partial charge in [0.05, 0.1) is 4.90 Å². The van der Waals surface area contributed by atoms with E-state index in [4.69, 9.17) is 0 Å². The quantitative estimate of drug-likeness (QED) is 0.542. The Kier molecular flexibility index (Phi) is 7.21. The molecule has 0 unspecified atom stereocenters. The molecule has 7 nitrogen and oxygen atoms in total. The van der Waals surface area contributed by atoms with Gasteiger partial charge in [0.15, 0.2) is 0 Å².